The molecule has 0 aliphatic carbocycles. The number of anilines is 1. The number of rotatable bonds is 3. The number of halogens is 2. The summed E-state index contributed by atoms with van der Waals surface area (Å²) in [5, 5.41) is 21.5. The molecule has 0 amide bonds. The first-order valence-corrected chi connectivity index (χ1v) is 8.08. The van der Waals surface area contributed by atoms with E-state index in [1.165, 1.54) is 12.1 Å². The fraction of sp³-hybridized carbons (Fsp3) is 0. The Morgan fingerprint density at radius 1 is 1.08 bits per heavy atom. The number of nitriles is 1. The van der Waals surface area contributed by atoms with Crippen molar-refractivity contribution in [2.75, 3.05) is 5.73 Å². The van der Waals surface area contributed by atoms with Crippen LogP contribution in [0.2, 0.25) is 10.0 Å². The van der Waals surface area contributed by atoms with Gasteiger partial charge in [-0.1, -0.05) is 41.4 Å². The predicted molar refractivity (Wildman–Crippen MR) is 101 cm³/mol. The summed E-state index contributed by atoms with van der Waals surface area (Å²) in [7, 11) is 0. The zero-order valence-electron chi connectivity index (χ0n) is 13.1. The standard InChI is InChI=1S/C18H10Cl2N4O2/c19-13-5-3-6-14(20)17(13)11-8-15(23-18(22)12(11)9-21)10-4-1-2-7-16(10)24(25)26/h1-8H,(H2,22,23). The summed E-state index contributed by atoms with van der Waals surface area (Å²) >= 11 is 12.5. The van der Waals surface area contributed by atoms with E-state index in [-0.39, 0.29) is 28.3 Å². The fourth-order valence-electron chi connectivity index (χ4n) is 2.62. The molecular formula is C18H10Cl2N4O2. The topological polar surface area (TPSA) is 106 Å². The molecule has 6 nitrogen and oxygen atoms in total. The summed E-state index contributed by atoms with van der Waals surface area (Å²) in [5.74, 6) is -0.0610. The summed E-state index contributed by atoms with van der Waals surface area (Å²) < 4.78 is 0. The predicted octanol–water partition coefficient (Wildman–Crippen LogP) is 5.08. The van der Waals surface area contributed by atoms with Gasteiger partial charge in [0.2, 0.25) is 0 Å². The minimum atomic E-state index is -0.506. The molecule has 0 bridgehead atoms. The molecule has 0 saturated heterocycles. The average molecular weight is 385 g/mol. The third-order valence-electron chi connectivity index (χ3n) is 3.77. The lowest BCUT2D eigenvalue weighted by Crippen LogP contribution is -2.01. The SMILES string of the molecule is N#Cc1c(-c2c(Cl)cccc2Cl)cc(-c2ccccc2[N+](=O)[O-])nc1N. The van der Waals surface area contributed by atoms with Gasteiger partial charge in [-0.3, -0.25) is 10.1 Å². The molecule has 2 N–H and O–H groups in total. The minimum absolute atomic E-state index is 0.0610. The van der Waals surface area contributed by atoms with Gasteiger partial charge in [0, 0.05) is 27.2 Å². The maximum Gasteiger partial charge on any atom is 0.278 e. The first kappa shape index (κ1) is 17.7. The molecular weight excluding hydrogens is 375 g/mol. The quantitative estimate of drug-likeness (QED) is 0.500. The number of nitro benzene ring substituents is 1. The molecule has 1 heterocycles. The van der Waals surface area contributed by atoms with Gasteiger partial charge < -0.3 is 5.73 Å². The van der Waals surface area contributed by atoms with E-state index in [1.807, 2.05) is 6.07 Å². The van der Waals surface area contributed by atoms with Crippen molar-refractivity contribution in [3.05, 3.63) is 74.3 Å². The van der Waals surface area contributed by atoms with E-state index < -0.39 is 4.92 Å². The second-order valence-electron chi connectivity index (χ2n) is 5.30. The van der Waals surface area contributed by atoms with Crippen molar-refractivity contribution in [2.24, 2.45) is 0 Å². The zero-order valence-corrected chi connectivity index (χ0v) is 14.6. The number of nitro groups is 1. The molecule has 128 valence electrons. The summed E-state index contributed by atoms with van der Waals surface area (Å²) in [6.07, 6.45) is 0. The van der Waals surface area contributed by atoms with Crippen LogP contribution >= 0.6 is 23.2 Å². The van der Waals surface area contributed by atoms with Gasteiger partial charge in [-0.2, -0.15) is 5.26 Å². The van der Waals surface area contributed by atoms with Crippen molar-refractivity contribution in [1.82, 2.24) is 4.98 Å². The third kappa shape index (κ3) is 3.06. The van der Waals surface area contributed by atoms with Crippen molar-refractivity contribution >= 4 is 34.7 Å². The van der Waals surface area contributed by atoms with Crippen molar-refractivity contribution in [3.63, 3.8) is 0 Å². The van der Waals surface area contributed by atoms with Crippen LogP contribution in [-0.4, -0.2) is 9.91 Å². The highest BCUT2D eigenvalue weighted by molar-refractivity contribution is 6.39. The smallest absolute Gasteiger partial charge is 0.278 e. The summed E-state index contributed by atoms with van der Waals surface area (Å²) in [4.78, 5) is 15.0. The Kier molecular flexibility index (Phi) is 4.76. The monoisotopic (exact) mass is 384 g/mol. The summed E-state index contributed by atoms with van der Waals surface area (Å²) in [6.45, 7) is 0. The van der Waals surface area contributed by atoms with E-state index in [2.05, 4.69) is 4.98 Å². The van der Waals surface area contributed by atoms with Crippen LogP contribution in [0.4, 0.5) is 11.5 Å². The Labute approximate surface area is 158 Å². The summed E-state index contributed by atoms with van der Waals surface area (Å²) in [6, 6.07) is 14.6. The fourth-order valence-corrected chi connectivity index (χ4v) is 3.22. The van der Waals surface area contributed by atoms with Crippen LogP contribution in [0.3, 0.4) is 0 Å². The molecule has 3 rings (SSSR count). The second kappa shape index (κ2) is 7.00. The molecule has 0 spiro atoms. The lowest BCUT2D eigenvalue weighted by atomic mass is 9.98. The lowest BCUT2D eigenvalue weighted by Gasteiger charge is -2.13. The van der Waals surface area contributed by atoms with Gasteiger partial charge in [-0.15, -0.1) is 0 Å². The molecule has 0 unspecified atom stereocenters. The van der Waals surface area contributed by atoms with Crippen molar-refractivity contribution < 1.29 is 4.92 Å². The lowest BCUT2D eigenvalue weighted by molar-refractivity contribution is -0.384. The maximum absolute atomic E-state index is 11.3. The van der Waals surface area contributed by atoms with E-state index in [9.17, 15) is 15.4 Å². The molecule has 0 fully saturated rings. The van der Waals surface area contributed by atoms with E-state index in [1.54, 1.807) is 36.4 Å². The van der Waals surface area contributed by atoms with Crippen LogP contribution in [0.25, 0.3) is 22.4 Å². The Hall–Kier alpha value is -3.14. The van der Waals surface area contributed by atoms with Crippen LogP contribution < -0.4 is 5.73 Å². The number of aromatic nitrogens is 1. The highest BCUT2D eigenvalue weighted by atomic mass is 35.5. The van der Waals surface area contributed by atoms with Gasteiger partial charge in [0.1, 0.15) is 17.5 Å². The number of para-hydroxylation sites is 1. The van der Waals surface area contributed by atoms with E-state index in [0.717, 1.165) is 0 Å². The molecule has 3 aromatic rings. The maximum atomic E-state index is 11.3. The Balaban J connectivity index is 2.35. The second-order valence-corrected chi connectivity index (χ2v) is 6.11. The van der Waals surface area contributed by atoms with E-state index in [0.29, 0.717) is 21.2 Å². The molecule has 8 heteroatoms. The first-order valence-electron chi connectivity index (χ1n) is 7.32. The largest absolute Gasteiger partial charge is 0.383 e. The minimum Gasteiger partial charge on any atom is -0.383 e. The van der Waals surface area contributed by atoms with Crippen LogP contribution in [0.5, 0.6) is 0 Å². The third-order valence-corrected chi connectivity index (χ3v) is 4.40. The van der Waals surface area contributed by atoms with Crippen LogP contribution in [0, 0.1) is 21.4 Å². The molecule has 1 aromatic heterocycles. The molecule has 0 aliphatic rings. The molecule has 26 heavy (non-hydrogen) atoms. The number of nitrogen functional groups attached to an aromatic ring is 1. The molecule has 2 aromatic carbocycles. The number of hydrogen-bond acceptors (Lipinski definition) is 5. The normalized spacial score (nSPS) is 10.3. The zero-order chi connectivity index (χ0) is 18.8. The van der Waals surface area contributed by atoms with Gasteiger partial charge in [0.05, 0.1) is 16.2 Å². The Morgan fingerprint density at radius 2 is 1.73 bits per heavy atom. The number of nitrogens with two attached hydrogens (primary N) is 1. The summed E-state index contributed by atoms with van der Waals surface area (Å²) in [5.41, 5.74) is 7.23. The average Bonchev–Trinajstić information content (AvgIpc) is 2.61. The van der Waals surface area contributed by atoms with E-state index in [4.69, 9.17) is 28.9 Å². The number of pyridine rings is 1. The van der Waals surface area contributed by atoms with Crippen LogP contribution in [0.1, 0.15) is 5.56 Å². The van der Waals surface area contributed by atoms with Gasteiger partial charge in [0.15, 0.2) is 0 Å². The number of nitrogens with zero attached hydrogens (tertiary/aromatic N) is 3. The highest BCUT2D eigenvalue weighted by Gasteiger charge is 2.21. The van der Waals surface area contributed by atoms with Crippen LogP contribution in [0.15, 0.2) is 48.5 Å². The molecule has 0 saturated carbocycles. The van der Waals surface area contributed by atoms with Crippen LogP contribution in [-0.2, 0) is 0 Å². The number of benzene rings is 2. The number of hydrogen-bond donors (Lipinski definition) is 1. The molecule has 0 atom stereocenters. The molecule has 0 radical (unpaired) electrons. The highest BCUT2D eigenvalue weighted by Crippen LogP contribution is 2.40. The first-order chi connectivity index (χ1) is 12.4. The van der Waals surface area contributed by atoms with Crippen molar-refractivity contribution in [2.45, 2.75) is 0 Å². The van der Waals surface area contributed by atoms with Crippen molar-refractivity contribution in [1.29, 1.82) is 5.26 Å². The van der Waals surface area contributed by atoms with Gasteiger partial charge in [0.25, 0.3) is 5.69 Å². The van der Waals surface area contributed by atoms with E-state index >= 15 is 0 Å². The Bertz CT molecular complexity index is 1060. The molecule has 0 aliphatic heterocycles. The van der Waals surface area contributed by atoms with Gasteiger partial charge in [-0.25, -0.2) is 4.98 Å². The van der Waals surface area contributed by atoms with Gasteiger partial charge in [-0.05, 0) is 24.3 Å². The van der Waals surface area contributed by atoms with Gasteiger partial charge >= 0.3 is 0 Å². The van der Waals surface area contributed by atoms with Crippen molar-refractivity contribution in [3.8, 4) is 28.5 Å². The Morgan fingerprint density at radius 3 is 2.35 bits per heavy atom.